The molecule has 29 heavy (non-hydrogen) atoms. The molecule has 0 fully saturated rings. The van der Waals surface area contributed by atoms with Crippen molar-refractivity contribution in [3.8, 4) is 17.0 Å². The average molecular weight is 394 g/mol. The van der Waals surface area contributed by atoms with Crippen LogP contribution < -0.4 is 10.1 Å². The highest BCUT2D eigenvalue weighted by Gasteiger charge is 2.39. The molecule has 0 saturated heterocycles. The molecule has 1 atom stereocenters. The minimum atomic E-state index is -0.850. The van der Waals surface area contributed by atoms with Crippen molar-refractivity contribution in [3.63, 3.8) is 0 Å². The number of methoxy groups -OCH3 is 2. The van der Waals surface area contributed by atoms with Crippen molar-refractivity contribution in [2.24, 2.45) is 0 Å². The maximum atomic E-state index is 14.0. The summed E-state index contributed by atoms with van der Waals surface area (Å²) in [6.07, 6.45) is 0. The Labute approximate surface area is 166 Å². The molecule has 6 nitrogen and oxygen atoms in total. The first kappa shape index (κ1) is 18.7. The van der Waals surface area contributed by atoms with Crippen LogP contribution in [-0.4, -0.2) is 31.1 Å². The molecular formula is C22H19FN2O4. The molecule has 148 valence electrons. The van der Waals surface area contributed by atoms with E-state index in [0.717, 1.165) is 5.56 Å². The van der Waals surface area contributed by atoms with Gasteiger partial charge in [-0.3, -0.25) is 4.79 Å². The van der Waals surface area contributed by atoms with Crippen LogP contribution in [0.2, 0.25) is 0 Å². The van der Waals surface area contributed by atoms with Gasteiger partial charge in [-0.2, -0.15) is 0 Å². The zero-order valence-corrected chi connectivity index (χ0v) is 16.1. The number of carbonyl (C=O) groups is 2. The van der Waals surface area contributed by atoms with Crippen LogP contribution in [0.1, 0.15) is 33.1 Å². The van der Waals surface area contributed by atoms with Gasteiger partial charge in [0.2, 0.25) is 5.91 Å². The number of carbonyl (C=O) groups excluding carboxylic acids is 2. The van der Waals surface area contributed by atoms with Gasteiger partial charge in [-0.25, -0.2) is 9.18 Å². The Morgan fingerprint density at radius 3 is 2.48 bits per heavy atom. The van der Waals surface area contributed by atoms with Gasteiger partial charge in [0, 0.05) is 16.9 Å². The number of aromatic nitrogens is 1. The first-order chi connectivity index (χ1) is 13.9. The molecule has 0 saturated carbocycles. The van der Waals surface area contributed by atoms with Crippen LogP contribution in [0, 0.1) is 12.7 Å². The Kier molecular flexibility index (Phi) is 4.58. The van der Waals surface area contributed by atoms with E-state index >= 15 is 0 Å². The standard InChI is InChI=1S/C22H19FN2O4/c1-11-17(22(27)29-3)19(20(24-11)12-4-7-14(28-2)8-5-12)18-15-10-13(23)6-9-16(15)25-21(18)26/h4-10,18,24H,1-3H3,(H,25,26). The van der Waals surface area contributed by atoms with Crippen molar-refractivity contribution in [1.29, 1.82) is 0 Å². The molecule has 2 aromatic carbocycles. The van der Waals surface area contributed by atoms with Crippen LogP contribution in [0.5, 0.6) is 5.75 Å². The molecule has 1 unspecified atom stereocenters. The molecule has 0 aliphatic carbocycles. The molecule has 2 N–H and O–H groups in total. The lowest BCUT2D eigenvalue weighted by atomic mass is 9.87. The summed E-state index contributed by atoms with van der Waals surface area (Å²) in [5.41, 5.74) is 3.66. The number of aromatic amines is 1. The number of rotatable bonds is 4. The molecule has 3 aromatic rings. The summed E-state index contributed by atoms with van der Waals surface area (Å²) < 4.78 is 24.1. The Morgan fingerprint density at radius 1 is 1.10 bits per heavy atom. The monoisotopic (exact) mass is 394 g/mol. The predicted octanol–water partition coefficient (Wildman–Crippen LogP) is 4.01. The van der Waals surface area contributed by atoms with Crippen LogP contribution >= 0.6 is 0 Å². The molecule has 1 aliphatic heterocycles. The van der Waals surface area contributed by atoms with Crippen molar-refractivity contribution in [3.05, 3.63) is 70.7 Å². The SMILES string of the molecule is COC(=O)c1c(C)[nH]c(-c2ccc(OC)cc2)c1C1C(=O)Nc2ccc(F)cc21. The van der Waals surface area contributed by atoms with Gasteiger partial charge >= 0.3 is 5.97 Å². The zero-order chi connectivity index (χ0) is 20.7. The lowest BCUT2D eigenvalue weighted by Crippen LogP contribution is -2.17. The van der Waals surface area contributed by atoms with E-state index in [2.05, 4.69) is 10.3 Å². The number of halogens is 1. The molecule has 1 aromatic heterocycles. The van der Waals surface area contributed by atoms with Crippen molar-refractivity contribution in [2.75, 3.05) is 19.5 Å². The summed E-state index contributed by atoms with van der Waals surface area (Å²) in [5, 5.41) is 2.77. The van der Waals surface area contributed by atoms with Crippen LogP contribution in [0.15, 0.2) is 42.5 Å². The van der Waals surface area contributed by atoms with Crippen LogP contribution in [0.25, 0.3) is 11.3 Å². The quantitative estimate of drug-likeness (QED) is 0.656. The normalized spacial score (nSPS) is 15.0. The molecule has 0 bridgehead atoms. The van der Waals surface area contributed by atoms with Gasteiger partial charge in [0.15, 0.2) is 0 Å². The van der Waals surface area contributed by atoms with Crippen molar-refractivity contribution < 1.29 is 23.5 Å². The van der Waals surface area contributed by atoms with E-state index in [1.54, 1.807) is 26.2 Å². The van der Waals surface area contributed by atoms with Crippen LogP contribution in [-0.2, 0) is 9.53 Å². The summed E-state index contributed by atoms with van der Waals surface area (Å²) in [6.45, 7) is 1.74. The Bertz CT molecular complexity index is 1120. The summed E-state index contributed by atoms with van der Waals surface area (Å²) >= 11 is 0. The van der Waals surface area contributed by atoms with Gasteiger partial charge < -0.3 is 19.8 Å². The van der Waals surface area contributed by atoms with Crippen LogP contribution in [0.3, 0.4) is 0 Å². The molecule has 7 heteroatoms. The third-order valence-corrected chi connectivity index (χ3v) is 5.13. The first-order valence-electron chi connectivity index (χ1n) is 9.00. The fraction of sp³-hybridized carbons (Fsp3) is 0.182. The second-order valence-corrected chi connectivity index (χ2v) is 6.79. The number of anilines is 1. The second kappa shape index (κ2) is 7.09. The molecule has 1 aliphatic rings. The lowest BCUT2D eigenvalue weighted by Gasteiger charge is -2.14. The van der Waals surface area contributed by atoms with E-state index < -0.39 is 17.7 Å². The topological polar surface area (TPSA) is 80.4 Å². The number of esters is 1. The zero-order valence-electron chi connectivity index (χ0n) is 16.1. The van der Waals surface area contributed by atoms with Gasteiger partial charge in [0.05, 0.1) is 31.4 Å². The number of amides is 1. The number of hydrogen-bond acceptors (Lipinski definition) is 4. The highest BCUT2D eigenvalue weighted by molar-refractivity contribution is 6.08. The van der Waals surface area contributed by atoms with Gasteiger partial charge in [-0.05, 0) is 60.5 Å². The minimum absolute atomic E-state index is 0.274. The third kappa shape index (κ3) is 3.04. The Hall–Kier alpha value is -3.61. The van der Waals surface area contributed by atoms with E-state index in [-0.39, 0.29) is 11.5 Å². The smallest absolute Gasteiger partial charge is 0.340 e. The molecule has 1 amide bonds. The largest absolute Gasteiger partial charge is 0.497 e. The first-order valence-corrected chi connectivity index (χ1v) is 9.00. The minimum Gasteiger partial charge on any atom is -0.497 e. The predicted molar refractivity (Wildman–Crippen MR) is 106 cm³/mol. The van der Waals surface area contributed by atoms with Gasteiger partial charge in [-0.1, -0.05) is 0 Å². The summed E-state index contributed by atoms with van der Waals surface area (Å²) in [7, 11) is 2.86. The number of benzene rings is 2. The van der Waals surface area contributed by atoms with Gasteiger partial charge in [-0.15, -0.1) is 0 Å². The van der Waals surface area contributed by atoms with Gasteiger partial charge in [0.25, 0.3) is 0 Å². The molecule has 0 radical (unpaired) electrons. The third-order valence-electron chi connectivity index (χ3n) is 5.13. The fourth-order valence-corrected chi connectivity index (χ4v) is 3.80. The Balaban J connectivity index is 1.97. The number of nitrogens with one attached hydrogen (secondary N) is 2. The lowest BCUT2D eigenvalue weighted by molar-refractivity contribution is -0.116. The van der Waals surface area contributed by atoms with E-state index in [1.807, 2.05) is 12.1 Å². The maximum Gasteiger partial charge on any atom is 0.340 e. The summed E-state index contributed by atoms with van der Waals surface area (Å²) in [6, 6.07) is 11.4. The molecule has 0 spiro atoms. The van der Waals surface area contributed by atoms with E-state index in [1.165, 1.54) is 25.3 Å². The van der Waals surface area contributed by atoms with Crippen molar-refractivity contribution >= 4 is 17.6 Å². The Morgan fingerprint density at radius 2 is 1.83 bits per heavy atom. The highest BCUT2D eigenvalue weighted by atomic mass is 19.1. The van der Waals surface area contributed by atoms with E-state index in [4.69, 9.17) is 9.47 Å². The second-order valence-electron chi connectivity index (χ2n) is 6.79. The molecular weight excluding hydrogens is 375 g/mol. The molecule has 2 heterocycles. The number of fused-ring (bicyclic) bond motifs is 1. The number of H-pyrrole nitrogens is 1. The van der Waals surface area contributed by atoms with E-state index in [9.17, 15) is 14.0 Å². The van der Waals surface area contributed by atoms with Crippen molar-refractivity contribution in [1.82, 2.24) is 4.98 Å². The summed E-state index contributed by atoms with van der Waals surface area (Å²) in [4.78, 5) is 28.7. The average Bonchev–Trinajstić information content (AvgIpc) is 3.22. The fourth-order valence-electron chi connectivity index (χ4n) is 3.80. The van der Waals surface area contributed by atoms with E-state index in [0.29, 0.717) is 34.0 Å². The summed E-state index contributed by atoms with van der Waals surface area (Å²) in [5.74, 6) is -1.52. The number of ether oxygens (including phenoxy) is 2. The molecule has 4 rings (SSSR count). The van der Waals surface area contributed by atoms with Crippen molar-refractivity contribution in [2.45, 2.75) is 12.8 Å². The van der Waals surface area contributed by atoms with Gasteiger partial charge in [0.1, 0.15) is 11.6 Å². The maximum absolute atomic E-state index is 14.0. The number of hydrogen-bond donors (Lipinski definition) is 2. The van der Waals surface area contributed by atoms with Crippen LogP contribution in [0.4, 0.5) is 10.1 Å². The number of aryl methyl sites for hydroxylation is 1. The highest BCUT2D eigenvalue weighted by Crippen LogP contribution is 2.44.